The van der Waals surface area contributed by atoms with Crippen molar-refractivity contribution >= 4 is 38.9 Å². The zero-order chi connectivity index (χ0) is 18.7. The molecule has 10 heteroatoms. The quantitative estimate of drug-likeness (QED) is 0.779. The molecule has 1 aliphatic rings. The van der Waals surface area contributed by atoms with E-state index in [4.69, 9.17) is 21.1 Å². The topological polar surface area (TPSA) is 84.9 Å². The lowest BCUT2D eigenvalue weighted by molar-refractivity contribution is -0.121. The molecule has 1 aliphatic heterocycles. The van der Waals surface area contributed by atoms with E-state index >= 15 is 0 Å². The third kappa shape index (κ3) is 4.29. The van der Waals surface area contributed by atoms with Crippen LogP contribution in [0.15, 0.2) is 34.5 Å². The van der Waals surface area contributed by atoms with E-state index in [0.29, 0.717) is 29.0 Å². The fourth-order valence-electron chi connectivity index (χ4n) is 2.33. The Kier molecular flexibility index (Phi) is 5.71. The predicted molar refractivity (Wildman–Crippen MR) is 98.4 cm³/mol. The minimum Gasteiger partial charge on any atom is -0.486 e. The predicted octanol–water partition coefficient (Wildman–Crippen LogP) is 2.11. The number of carbonyl (C=O) groups is 1. The average molecular weight is 417 g/mol. The maximum absolute atomic E-state index is 12.4. The molecule has 1 aromatic carbocycles. The molecule has 1 N–H and O–H groups in total. The number of hydrogen-bond donors (Lipinski definition) is 1. The van der Waals surface area contributed by atoms with Gasteiger partial charge in [0.05, 0.1) is 10.9 Å². The lowest BCUT2D eigenvalue weighted by Gasteiger charge is -2.19. The molecule has 0 radical (unpaired) electrons. The molecule has 0 bridgehead atoms. The van der Waals surface area contributed by atoms with E-state index in [1.165, 1.54) is 19.2 Å². The van der Waals surface area contributed by atoms with Crippen LogP contribution in [0.4, 0.5) is 0 Å². The largest absolute Gasteiger partial charge is 0.486 e. The number of fused-ring (bicyclic) bond motifs is 1. The van der Waals surface area contributed by atoms with Crippen LogP contribution in [-0.4, -0.2) is 45.4 Å². The highest BCUT2D eigenvalue weighted by atomic mass is 35.5. The smallest absolute Gasteiger partial charge is 0.252 e. The molecule has 0 spiro atoms. The van der Waals surface area contributed by atoms with Crippen molar-refractivity contribution in [3.05, 3.63) is 40.2 Å². The SMILES string of the molecule is CN(CC(=O)NCc1ccc2c(c1)OCCO2)S(=O)(=O)c1ccc(Cl)s1. The second-order valence-electron chi connectivity index (χ2n) is 5.57. The zero-order valence-corrected chi connectivity index (χ0v) is 16.3. The molecule has 0 saturated carbocycles. The summed E-state index contributed by atoms with van der Waals surface area (Å²) in [7, 11) is -2.38. The molecule has 0 unspecified atom stereocenters. The number of amides is 1. The van der Waals surface area contributed by atoms with Crippen molar-refractivity contribution in [3.8, 4) is 11.5 Å². The highest BCUT2D eigenvalue weighted by molar-refractivity contribution is 7.91. The first kappa shape index (κ1) is 19.0. The number of sulfonamides is 1. The summed E-state index contributed by atoms with van der Waals surface area (Å²) in [5.41, 5.74) is 0.832. The van der Waals surface area contributed by atoms with Crippen LogP contribution >= 0.6 is 22.9 Å². The van der Waals surface area contributed by atoms with Gasteiger partial charge in [-0.05, 0) is 29.8 Å². The van der Waals surface area contributed by atoms with Crippen LogP contribution in [0.1, 0.15) is 5.56 Å². The lowest BCUT2D eigenvalue weighted by atomic mass is 10.2. The van der Waals surface area contributed by atoms with Gasteiger partial charge < -0.3 is 14.8 Å². The molecule has 2 aromatic rings. The van der Waals surface area contributed by atoms with Crippen molar-refractivity contribution in [1.29, 1.82) is 0 Å². The molecule has 3 rings (SSSR count). The number of nitrogens with zero attached hydrogens (tertiary/aromatic N) is 1. The van der Waals surface area contributed by atoms with E-state index < -0.39 is 15.9 Å². The minimum atomic E-state index is -3.74. The van der Waals surface area contributed by atoms with Gasteiger partial charge in [0.15, 0.2) is 11.5 Å². The van der Waals surface area contributed by atoms with E-state index in [0.717, 1.165) is 21.2 Å². The maximum Gasteiger partial charge on any atom is 0.252 e. The van der Waals surface area contributed by atoms with Crippen molar-refractivity contribution in [2.45, 2.75) is 10.8 Å². The number of benzene rings is 1. The van der Waals surface area contributed by atoms with Crippen molar-refractivity contribution in [1.82, 2.24) is 9.62 Å². The molecule has 0 aliphatic carbocycles. The number of hydrogen-bond acceptors (Lipinski definition) is 6. The Hall–Kier alpha value is -1.81. The second kappa shape index (κ2) is 7.83. The monoisotopic (exact) mass is 416 g/mol. The summed E-state index contributed by atoms with van der Waals surface area (Å²) in [5, 5.41) is 2.70. The average Bonchev–Trinajstić information content (AvgIpc) is 3.07. The van der Waals surface area contributed by atoms with Gasteiger partial charge in [0, 0.05) is 13.6 Å². The van der Waals surface area contributed by atoms with Crippen molar-refractivity contribution in [3.63, 3.8) is 0 Å². The zero-order valence-electron chi connectivity index (χ0n) is 13.9. The first-order valence-electron chi connectivity index (χ1n) is 7.73. The summed E-state index contributed by atoms with van der Waals surface area (Å²) in [6.45, 7) is 0.966. The van der Waals surface area contributed by atoms with Crippen LogP contribution in [0.2, 0.25) is 4.34 Å². The Morgan fingerprint density at radius 1 is 1.23 bits per heavy atom. The van der Waals surface area contributed by atoms with E-state index in [-0.39, 0.29) is 17.3 Å². The molecule has 140 valence electrons. The summed E-state index contributed by atoms with van der Waals surface area (Å²) in [6, 6.07) is 8.33. The summed E-state index contributed by atoms with van der Waals surface area (Å²) in [4.78, 5) is 12.1. The van der Waals surface area contributed by atoms with Gasteiger partial charge in [-0.2, -0.15) is 4.31 Å². The summed E-state index contributed by atoms with van der Waals surface area (Å²) in [5.74, 6) is 0.901. The van der Waals surface area contributed by atoms with Crippen molar-refractivity contribution in [2.24, 2.45) is 0 Å². The normalized spacial score (nSPS) is 13.7. The number of nitrogens with one attached hydrogen (secondary N) is 1. The van der Waals surface area contributed by atoms with Crippen LogP contribution in [-0.2, 0) is 21.4 Å². The molecule has 0 saturated heterocycles. The summed E-state index contributed by atoms with van der Waals surface area (Å²) in [6.07, 6.45) is 0. The fraction of sp³-hybridized carbons (Fsp3) is 0.312. The summed E-state index contributed by atoms with van der Waals surface area (Å²) < 4.78 is 37.2. The van der Waals surface area contributed by atoms with Gasteiger partial charge in [-0.3, -0.25) is 4.79 Å². The lowest BCUT2D eigenvalue weighted by Crippen LogP contribution is -2.37. The van der Waals surface area contributed by atoms with Crippen molar-refractivity contribution < 1.29 is 22.7 Å². The van der Waals surface area contributed by atoms with Crippen LogP contribution in [0.25, 0.3) is 0 Å². The molecular formula is C16H17ClN2O5S2. The Labute approximate surface area is 160 Å². The van der Waals surface area contributed by atoms with Gasteiger partial charge in [-0.1, -0.05) is 17.7 Å². The molecule has 7 nitrogen and oxygen atoms in total. The standard InChI is InChI=1S/C16H17ClN2O5S2/c1-19(26(21,22)16-5-4-14(17)25-16)10-15(20)18-9-11-2-3-12-13(8-11)24-7-6-23-12/h2-5,8H,6-7,9-10H2,1H3,(H,18,20). The third-order valence-corrected chi connectivity index (χ3v) is 7.18. The van der Waals surface area contributed by atoms with Gasteiger partial charge in [0.1, 0.15) is 17.4 Å². The van der Waals surface area contributed by atoms with E-state index in [1.807, 2.05) is 6.07 Å². The number of carbonyl (C=O) groups excluding carboxylic acids is 1. The first-order valence-corrected chi connectivity index (χ1v) is 10.4. The van der Waals surface area contributed by atoms with E-state index in [9.17, 15) is 13.2 Å². The maximum atomic E-state index is 12.4. The van der Waals surface area contributed by atoms with Crippen LogP contribution < -0.4 is 14.8 Å². The van der Waals surface area contributed by atoms with Crippen LogP contribution in [0.3, 0.4) is 0 Å². The highest BCUT2D eigenvalue weighted by Gasteiger charge is 2.24. The molecule has 1 aromatic heterocycles. The van der Waals surface area contributed by atoms with E-state index in [2.05, 4.69) is 5.32 Å². The van der Waals surface area contributed by atoms with Crippen LogP contribution in [0, 0.1) is 0 Å². The van der Waals surface area contributed by atoms with Gasteiger partial charge in [-0.15, -0.1) is 11.3 Å². The Bertz CT molecular complexity index is 913. The Morgan fingerprint density at radius 2 is 1.96 bits per heavy atom. The highest BCUT2D eigenvalue weighted by Crippen LogP contribution is 2.30. The summed E-state index contributed by atoms with van der Waals surface area (Å²) >= 11 is 6.73. The van der Waals surface area contributed by atoms with E-state index in [1.54, 1.807) is 12.1 Å². The molecule has 26 heavy (non-hydrogen) atoms. The molecular weight excluding hydrogens is 400 g/mol. The molecule has 2 heterocycles. The molecule has 0 atom stereocenters. The van der Waals surface area contributed by atoms with Gasteiger partial charge in [-0.25, -0.2) is 8.42 Å². The molecule has 0 fully saturated rings. The number of likely N-dealkylation sites (N-methyl/N-ethyl adjacent to an activating group) is 1. The van der Waals surface area contributed by atoms with Gasteiger partial charge >= 0.3 is 0 Å². The Morgan fingerprint density at radius 3 is 2.65 bits per heavy atom. The fourth-order valence-corrected chi connectivity index (χ4v) is 5.15. The number of thiophene rings is 1. The number of halogens is 1. The number of ether oxygens (including phenoxy) is 2. The second-order valence-corrected chi connectivity index (χ2v) is 9.56. The Balaban J connectivity index is 1.57. The van der Waals surface area contributed by atoms with Gasteiger partial charge in [0.2, 0.25) is 5.91 Å². The molecule has 1 amide bonds. The number of rotatable bonds is 6. The first-order chi connectivity index (χ1) is 12.4. The van der Waals surface area contributed by atoms with Gasteiger partial charge in [0.25, 0.3) is 10.0 Å². The minimum absolute atomic E-state index is 0.102. The van der Waals surface area contributed by atoms with Crippen LogP contribution in [0.5, 0.6) is 11.5 Å². The van der Waals surface area contributed by atoms with Crippen molar-refractivity contribution in [2.75, 3.05) is 26.8 Å². The third-order valence-electron chi connectivity index (χ3n) is 3.68.